The maximum atomic E-state index is 5.65. The maximum absolute atomic E-state index is 5.65. The molecule has 0 aliphatic carbocycles. The van der Waals surface area contributed by atoms with Crippen molar-refractivity contribution in [1.82, 2.24) is 15.1 Å². The first-order chi connectivity index (χ1) is 9.22. The van der Waals surface area contributed by atoms with Crippen molar-refractivity contribution < 1.29 is 4.74 Å². The highest BCUT2D eigenvalue weighted by Gasteiger charge is 2.12. The predicted molar refractivity (Wildman–Crippen MR) is 81.7 cm³/mol. The number of piperazine rings is 1. The summed E-state index contributed by atoms with van der Waals surface area (Å²) in [7, 11) is 2.21. The summed E-state index contributed by atoms with van der Waals surface area (Å²) < 4.78 is 5.65. The average Bonchev–Trinajstić information content (AvgIpc) is 2.43. The number of likely N-dealkylation sites (N-methyl/N-ethyl adjacent to an activating group) is 1. The quantitative estimate of drug-likeness (QED) is 0.608. The Bertz CT molecular complexity index is 206. The summed E-state index contributed by atoms with van der Waals surface area (Å²) in [5.41, 5.74) is 0. The topological polar surface area (TPSA) is 27.7 Å². The van der Waals surface area contributed by atoms with Gasteiger partial charge in [0, 0.05) is 32.8 Å². The van der Waals surface area contributed by atoms with Crippen LogP contribution in [0.1, 0.15) is 33.1 Å². The molecule has 1 heterocycles. The van der Waals surface area contributed by atoms with Crippen LogP contribution >= 0.6 is 0 Å². The van der Waals surface area contributed by atoms with Gasteiger partial charge in [0.25, 0.3) is 0 Å². The van der Waals surface area contributed by atoms with Crippen LogP contribution in [0, 0.1) is 0 Å². The molecular formula is C15H33N3O. The maximum Gasteiger partial charge on any atom is 0.0544 e. The molecular weight excluding hydrogens is 238 g/mol. The fraction of sp³-hybridized carbons (Fsp3) is 1.00. The van der Waals surface area contributed by atoms with Gasteiger partial charge in [-0.05, 0) is 52.9 Å². The van der Waals surface area contributed by atoms with Crippen LogP contribution in [-0.2, 0) is 4.74 Å². The third kappa shape index (κ3) is 8.58. The predicted octanol–water partition coefficient (Wildman–Crippen LogP) is 1.42. The number of ether oxygens (including phenoxy) is 1. The number of nitrogens with one attached hydrogen (secondary N) is 1. The van der Waals surface area contributed by atoms with Gasteiger partial charge < -0.3 is 19.9 Å². The molecule has 1 saturated heterocycles. The van der Waals surface area contributed by atoms with Crippen LogP contribution in [0.3, 0.4) is 0 Å². The Balaban J connectivity index is 1.81. The molecule has 0 radical (unpaired) electrons. The Morgan fingerprint density at radius 2 is 1.79 bits per heavy atom. The second-order valence-corrected chi connectivity index (χ2v) is 5.69. The van der Waals surface area contributed by atoms with Crippen molar-refractivity contribution in [2.24, 2.45) is 0 Å². The van der Waals surface area contributed by atoms with E-state index in [0.29, 0.717) is 6.10 Å². The number of hydrogen-bond donors (Lipinski definition) is 1. The van der Waals surface area contributed by atoms with E-state index in [0.717, 1.165) is 32.5 Å². The highest BCUT2D eigenvalue weighted by Crippen LogP contribution is 1.99. The van der Waals surface area contributed by atoms with Crippen LogP contribution in [0.15, 0.2) is 0 Å². The minimum atomic E-state index is 0.414. The van der Waals surface area contributed by atoms with Crippen molar-refractivity contribution in [2.45, 2.75) is 39.2 Å². The van der Waals surface area contributed by atoms with Crippen molar-refractivity contribution in [3.05, 3.63) is 0 Å². The molecule has 4 heteroatoms. The van der Waals surface area contributed by atoms with Gasteiger partial charge >= 0.3 is 0 Å². The molecule has 1 atom stereocenters. The lowest BCUT2D eigenvalue weighted by atomic mass is 10.3. The number of hydrogen-bond acceptors (Lipinski definition) is 4. The van der Waals surface area contributed by atoms with Crippen molar-refractivity contribution in [2.75, 3.05) is 59.5 Å². The molecule has 0 aromatic rings. The molecule has 0 spiro atoms. The van der Waals surface area contributed by atoms with Gasteiger partial charge in [0.2, 0.25) is 0 Å². The number of rotatable bonds is 10. The highest BCUT2D eigenvalue weighted by atomic mass is 16.5. The zero-order chi connectivity index (χ0) is 13.9. The first-order valence-electron chi connectivity index (χ1n) is 7.95. The minimum absolute atomic E-state index is 0.414. The van der Waals surface area contributed by atoms with Gasteiger partial charge in [0.15, 0.2) is 0 Å². The van der Waals surface area contributed by atoms with Crippen LogP contribution < -0.4 is 5.32 Å². The van der Waals surface area contributed by atoms with E-state index in [1.807, 2.05) is 0 Å². The molecule has 114 valence electrons. The third-order valence-corrected chi connectivity index (χ3v) is 3.90. The van der Waals surface area contributed by atoms with Crippen molar-refractivity contribution in [1.29, 1.82) is 0 Å². The van der Waals surface area contributed by atoms with Crippen molar-refractivity contribution >= 4 is 0 Å². The van der Waals surface area contributed by atoms with Crippen LogP contribution in [0.4, 0.5) is 0 Å². The molecule has 1 fully saturated rings. The van der Waals surface area contributed by atoms with Gasteiger partial charge in [0.1, 0.15) is 0 Å². The molecule has 19 heavy (non-hydrogen) atoms. The zero-order valence-electron chi connectivity index (χ0n) is 13.2. The lowest BCUT2D eigenvalue weighted by Gasteiger charge is -2.32. The summed E-state index contributed by atoms with van der Waals surface area (Å²) >= 11 is 0. The van der Waals surface area contributed by atoms with E-state index in [1.54, 1.807) is 0 Å². The van der Waals surface area contributed by atoms with E-state index >= 15 is 0 Å². The number of nitrogens with zero attached hydrogens (tertiary/aromatic N) is 2. The van der Waals surface area contributed by atoms with E-state index < -0.39 is 0 Å². The second-order valence-electron chi connectivity index (χ2n) is 5.69. The van der Waals surface area contributed by atoms with Gasteiger partial charge in [-0.3, -0.25) is 0 Å². The third-order valence-electron chi connectivity index (χ3n) is 3.90. The van der Waals surface area contributed by atoms with Gasteiger partial charge in [-0.1, -0.05) is 6.92 Å². The Kier molecular flexibility index (Phi) is 9.43. The molecule has 0 aromatic heterocycles. The van der Waals surface area contributed by atoms with Gasteiger partial charge in [-0.15, -0.1) is 0 Å². The summed E-state index contributed by atoms with van der Waals surface area (Å²) in [5, 5.41) is 3.51. The van der Waals surface area contributed by atoms with Crippen molar-refractivity contribution in [3.8, 4) is 0 Å². The first kappa shape index (κ1) is 16.9. The molecule has 1 aliphatic rings. The van der Waals surface area contributed by atoms with Gasteiger partial charge in [0.05, 0.1) is 6.10 Å². The molecule has 1 aliphatic heterocycles. The Labute approximate surface area is 119 Å². The summed E-state index contributed by atoms with van der Waals surface area (Å²) in [6.45, 7) is 13.6. The zero-order valence-corrected chi connectivity index (χ0v) is 13.2. The molecule has 1 N–H and O–H groups in total. The van der Waals surface area contributed by atoms with Crippen molar-refractivity contribution in [3.63, 3.8) is 0 Å². The van der Waals surface area contributed by atoms with Crippen LogP contribution in [-0.4, -0.2) is 75.4 Å². The summed E-state index contributed by atoms with van der Waals surface area (Å²) in [6.07, 6.45) is 3.91. The first-order valence-corrected chi connectivity index (χ1v) is 7.95. The van der Waals surface area contributed by atoms with E-state index in [4.69, 9.17) is 4.74 Å². The summed E-state index contributed by atoms with van der Waals surface area (Å²) in [5.74, 6) is 0. The van der Waals surface area contributed by atoms with E-state index in [1.165, 1.54) is 39.1 Å². The van der Waals surface area contributed by atoms with E-state index in [9.17, 15) is 0 Å². The normalized spacial score (nSPS) is 19.7. The Hall–Kier alpha value is -0.160. The SMILES string of the molecule is CCC(C)OCCCNCCCN1CCN(C)CC1. The lowest BCUT2D eigenvalue weighted by Crippen LogP contribution is -2.45. The average molecular weight is 271 g/mol. The Morgan fingerprint density at radius 3 is 2.47 bits per heavy atom. The highest BCUT2D eigenvalue weighted by molar-refractivity contribution is 4.69. The molecule has 1 unspecified atom stereocenters. The molecule has 0 amide bonds. The fourth-order valence-electron chi connectivity index (χ4n) is 2.22. The van der Waals surface area contributed by atoms with Gasteiger partial charge in [-0.25, -0.2) is 0 Å². The van der Waals surface area contributed by atoms with Gasteiger partial charge in [-0.2, -0.15) is 0 Å². The molecule has 0 bridgehead atoms. The van der Waals surface area contributed by atoms with Crippen LogP contribution in [0.25, 0.3) is 0 Å². The minimum Gasteiger partial charge on any atom is -0.378 e. The lowest BCUT2D eigenvalue weighted by molar-refractivity contribution is 0.0620. The Morgan fingerprint density at radius 1 is 1.11 bits per heavy atom. The van der Waals surface area contributed by atoms with Crippen LogP contribution in [0.5, 0.6) is 0 Å². The van der Waals surface area contributed by atoms with E-state index in [-0.39, 0.29) is 0 Å². The largest absolute Gasteiger partial charge is 0.378 e. The molecule has 1 rings (SSSR count). The molecule has 0 aromatic carbocycles. The summed E-state index contributed by atoms with van der Waals surface area (Å²) in [6, 6.07) is 0. The second kappa shape index (κ2) is 10.6. The molecule has 0 saturated carbocycles. The van der Waals surface area contributed by atoms with E-state index in [2.05, 4.69) is 36.0 Å². The fourth-order valence-corrected chi connectivity index (χ4v) is 2.22. The smallest absolute Gasteiger partial charge is 0.0544 e. The van der Waals surface area contributed by atoms with Crippen LogP contribution in [0.2, 0.25) is 0 Å². The molecule has 4 nitrogen and oxygen atoms in total. The monoisotopic (exact) mass is 271 g/mol. The standard InChI is InChI=1S/C15H33N3O/c1-4-15(2)19-14-6-8-16-7-5-9-18-12-10-17(3)11-13-18/h15-16H,4-14H2,1-3H3. The summed E-state index contributed by atoms with van der Waals surface area (Å²) in [4.78, 5) is 4.99.